The maximum atomic E-state index is 11.5. The fourth-order valence-corrected chi connectivity index (χ4v) is 1.74. The number of carbonyl (C=O) groups is 1. The predicted molar refractivity (Wildman–Crippen MR) is 53.0 cm³/mol. The van der Waals surface area contributed by atoms with Crippen LogP contribution in [0.5, 0.6) is 5.75 Å². The normalized spacial score (nSPS) is 19.3. The van der Waals surface area contributed by atoms with Gasteiger partial charge in [-0.05, 0) is 12.1 Å². The van der Waals surface area contributed by atoms with Gasteiger partial charge in [-0.15, -0.1) is 0 Å². The first-order valence-corrected chi connectivity index (χ1v) is 4.74. The molecule has 0 spiro atoms. The minimum absolute atomic E-state index is 0.163. The van der Waals surface area contributed by atoms with E-state index >= 15 is 0 Å². The van der Waals surface area contributed by atoms with E-state index in [-0.39, 0.29) is 6.61 Å². The Morgan fingerprint density at radius 1 is 1.60 bits per heavy atom. The predicted octanol–water partition coefficient (Wildman–Crippen LogP) is 0.769. The van der Waals surface area contributed by atoms with Crippen molar-refractivity contribution in [1.29, 1.82) is 0 Å². The SMILES string of the molecule is COc1cccc2c1CC(CO)OC2=O. The molecular weight excluding hydrogens is 196 g/mol. The molecule has 0 fully saturated rings. The lowest BCUT2D eigenvalue weighted by Crippen LogP contribution is -2.30. The number of hydrogen-bond acceptors (Lipinski definition) is 4. The molecule has 15 heavy (non-hydrogen) atoms. The van der Waals surface area contributed by atoms with Crippen LogP contribution in [0.15, 0.2) is 18.2 Å². The molecule has 1 unspecified atom stereocenters. The molecule has 1 aromatic rings. The molecule has 1 aliphatic heterocycles. The Labute approximate surface area is 87.4 Å². The minimum Gasteiger partial charge on any atom is -0.496 e. The number of ether oxygens (including phenoxy) is 2. The number of hydrogen-bond donors (Lipinski definition) is 1. The van der Waals surface area contributed by atoms with Crippen molar-refractivity contribution in [2.75, 3.05) is 13.7 Å². The molecule has 0 radical (unpaired) electrons. The van der Waals surface area contributed by atoms with Crippen molar-refractivity contribution in [2.24, 2.45) is 0 Å². The summed E-state index contributed by atoms with van der Waals surface area (Å²) in [6, 6.07) is 5.25. The average molecular weight is 208 g/mol. The van der Waals surface area contributed by atoms with Gasteiger partial charge in [0.1, 0.15) is 11.9 Å². The molecule has 0 aliphatic carbocycles. The molecule has 0 amide bonds. The second kappa shape index (κ2) is 3.90. The number of aliphatic hydroxyl groups excluding tert-OH is 1. The van der Waals surface area contributed by atoms with E-state index < -0.39 is 12.1 Å². The van der Waals surface area contributed by atoms with E-state index in [0.29, 0.717) is 17.7 Å². The monoisotopic (exact) mass is 208 g/mol. The van der Waals surface area contributed by atoms with Crippen LogP contribution in [0, 0.1) is 0 Å². The summed E-state index contributed by atoms with van der Waals surface area (Å²) in [6.45, 7) is -0.163. The number of carbonyl (C=O) groups excluding carboxylic acids is 1. The highest BCUT2D eigenvalue weighted by Crippen LogP contribution is 2.28. The summed E-state index contributed by atoms with van der Waals surface area (Å²) >= 11 is 0. The molecule has 0 saturated heterocycles. The number of benzene rings is 1. The van der Waals surface area contributed by atoms with Crippen molar-refractivity contribution in [3.63, 3.8) is 0 Å². The topological polar surface area (TPSA) is 55.8 Å². The lowest BCUT2D eigenvalue weighted by atomic mass is 9.98. The third kappa shape index (κ3) is 1.68. The van der Waals surface area contributed by atoms with Gasteiger partial charge in [0, 0.05) is 12.0 Å². The lowest BCUT2D eigenvalue weighted by Gasteiger charge is -2.24. The van der Waals surface area contributed by atoms with Crippen LogP contribution in [0.4, 0.5) is 0 Å². The Morgan fingerprint density at radius 3 is 3.07 bits per heavy atom. The third-order valence-corrected chi connectivity index (χ3v) is 2.48. The number of aliphatic hydroxyl groups is 1. The molecule has 80 valence electrons. The summed E-state index contributed by atoms with van der Waals surface area (Å²) in [5.41, 5.74) is 1.34. The molecule has 1 aromatic carbocycles. The molecule has 1 aliphatic rings. The summed E-state index contributed by atoms with van der Waals surface area (Å²) < 4.78 is 10.2. The lowest BCUT2D eigenvalue weighted by molar-refractivity contribution is 0.00907. The largest absolute Gasteiger partial charge is 0.496 e. The molecule has 1 atom stereocenters. The molecule has 2 rings (SSSR count). The van der Waals surface area contributed by atoms with Crippen LogP contribution < -0.4 is 4.74 Å². The number of esters is 1. The zero-order valence-corrected chi connectivity index (χ0v) is 8.40. The quantitative estimate of drug-likeness (QED) is 0.729. The van der Waals surface area contributed by atoms with E-state index in [4.69, 9.17) is 14.6 Å². The van der Waals surface area contributed by atoms with Crippen LogP contribution in [0.3, 0.4) is 0 Å². The van der Waals surface area contributed by atoms with Gasteiger partial charge in [-0.1, -0.05) is 6.07 Å². The van der Waals surface area contributed by atoms with E-state index in [1.165, 1.54) is 0 Å². The Morgan fingerprint density at radius 2 is 2.40 bits per heavy atom. The van der Waals surface area contributed by atoms with E-state index in [9.17, 15) is 4.79 Å². The summed E-state index contributed by atoms with van der Waals surface area (Å²) in [5.74, 6) is 0.275. The van der Waals surface area contributed by atoms with Gasteiger partial charge in [-0.25, -0.2) is 4.79 Å². The number of cyclic esters (lactones) is 1. The van der Waals surface area contributed by atoms with Crippen LogP contribution in [0.1, 0.15) is 15.9 Å². The highest BCUT2D eigenvalue weighted by Gasteiger charge is 2.27. The maximum absolute atomic E-state index is 11.5. The van der Waals surface area contributed by atoms with Crippen molar-refractivity contribution in [2.45, 2.75) is 12.5 Å². The fourth-order valence-electron chi connectivity index (χ4n) is 1.74. The van der Waals surface area contributed by atoms with Gasteiger partial charge in [-0.3, -0.25) is 0 Å². The standard InChI is InChI=1S/C11H12O4/c1-14-10-4-2-3-8-9(10)5-7(6-12)15-11(8)13/h2-4,7,12H,5-6H2,1H3. The first kappa shape index (κ1) is 9.98. The number of rotatable bonds is 2. The van der Waals surface area contributed by atoms with Gasteiger partial charge in [0.25, 0.3) is 0 Å². The van der Waals surface area contributed by atoms with Gasteiger partial charge in [0.2, 0.25) is 0 Å². The maximum Gasteiger partial charge on any atom is 0.338 e. The second-order valence-electron chi connectivity index (χ2n) is 3.40. The molecule has 0 saturated carbocycles. The van der Waals surface area contributed by atoms with Gasteiger partial charge >= 0.3 is 5.97 Å². The van der Waals surface area contributed by atoms with Crippen LogP contribution >= 0.6 is 0 Å². The van der Waals surface area contributed by atoms with Crippen molar-refractivity contribution >= 4 is 5.97 Å². The molecule has 1 heterocycles. The van der Waals surface area contributed by atoms with Gasteiger partial charge in [-0.2, -0.15) is 0 Å². The minimum atomic E-state index is -0.457. The van der Waals surface area contributed by atoms with Crippen LogP contribution in [0.2, 0.25) is 0 Å². The number of fused-ring (bicyclic) bond motifs is 1. The van der Waals surface area contributed by atoms with Crippen LogP contribution in [0.25, 0.3) is 0 Å². The molecule has 4 nitrogen and oxygen atoms in total. The molecule has 4 heteroatoms. The van der Waals surface area contributed by atoms with E-state index in [1.807, 2.05) is 0 Å². The zero-order chi connectivity index (χ0) is 10.8. The summed E-state index contributed by atoms with van der Waals surface area (Å²) in [6.07, 6.45) is 0.0444. The van der Waals surface area contributed by atoms with Crippen molar-refractivity contribution in [3.8, 4) is 5.75 Å². The van der Waals surface area contributed by atoms with Crippen LogP contribution in [-0.4, -0.2) is 30.9 Å². The zero-order valence-electron chi connectivity index (χ0n) is 8.40. The highest BCUT2D eigenvalue weighted by molar-refractivity contribution is 5.93. The number of methoxy groups -OCH3 is 1. The highest BCUT2D eigenvalue weighted by atomic mass is 16.6. The van der Waals surface area contributed by atoms with Crippen molar-refractivity contribution in [1.82, 2.24) is 0 Å². The van der Waals surface area contributed by atoms with Crippen LogP contribution in [-0.2, 0) is 11.2 Å². The van der Waals surface area contributed by atoms with E-state index in [0.717, 1.165) is 5.56 Å². The Balaban J connectivity index is 2.45. The summed E-state index contributed by atoms with van der Waals surface area (Å²) in [5, 5.41) is 8.98. The molecule has 1 N–H and O–H groups in total. The van der Waals surface area contributed by atoms with E-state index in [1.54, 1.807) is 25.3 Å². The Bertz CT molecular complexity index is 386. The molecule has 0 aromatic heterocycles. The van der Waals surface area contributed by atoms with Crippen molar-refractivity contribution < 1.29 is 19.4 Å². The fraction of sp³-hybridized carbons (Fsp3) is 0.364. The first-order chi connectivity index (χ1) is 7.26. The summed E-state index contributed by atoms with van der Waals surface area (Å²) in [7, 11) is 1.56. The second-order valence-corrected chi connectivity index (χ2v) is 3.40. The smallest absolute Gasteiger partial charge is 0.338 e. The summed E-state index contributed by atoms with van der Waals surface area (Å²) in [4.78, 5) is 11.5. The first-order valence-electron chi connectivity index (χ1n) is 4.74. The average Bonchev–Trinajstić information content (AvgIpc) is 2.28. The molecular formula is C11H12O4. The third-order valence-electron chi connectivity index (χ3n) is 2.48. The van der Waals surface area contributed by atoms with Gasteiger partial charge in [0.15, 0.2) is 0 Å². The Hall–Kier alpha value is -1.55. The van der Waals surface area contributed by atoms with E-state index in [2.05, 4.69) is 0 Å². The van der Waals surface area contributed by atoms with Gasteiger partial charge in [0.05, 0.1) is 19.3 Å². The molecule has 0 bridgehead atoms. The van der Waals surface area contributed by atoms with Gasteiger partial charge < -0.3 is 14.6 Å². The van der Waals surface area contributed by atoms with Crippen molar-refractivity contribution in [3.05, 3.63) is 29.3 Å². The Kier molecular flexibility index (Phi) is 2.60.